The second-order valence-electron chi connectivity index (χ2n) is 2.15. The monoisotopic (exact) mass is 185 g/mol. The summed E-state index contributed by atoms with van der Waals surface area (Å²) in [5, 5.41) is 0. The molecule has 0 bridgehead atoms. The van der Waals surface area contributed by atoms with Crippen molar-refractivity contribution in [2.45, 2.75) is 11.4 Å². The zero-order chi connectivity index (χ0) is 8.10. The fraction of sp³-hybridized carbons (Fsp3) is 0.250. The molecule has 1 nitrogen and oxygen atoms in total. The van der Waals surface area contributed by atoms with Gasteiger partial charge in [0, 0.05) is 11.4 Å². The molecule has 1 aromatic rings. The molecule has 0 aromatic heterocycles. The number of benzene rings is 1. The van der Waals surface area contributed by atoms with Crippen LogP contribution in [0.1, 0.15) is 5.56 Å². The van der Waals surface area contributed by atoms with Crippen LogP contribution in [0.25, 0.3) is 0 Å². The number of rotatable bonds is 3. The number of thioether (sulfide) groups is 1. The van der Waals surface area contributed by atoms with E-state index in [1.54, 1.807) is 11.8 Å². The van der Waals surface area contributed by atoms with Gasteiger partial charge in [-0.25, -0.2) is 0 Å². The van der Waals surface area contributed by atoms with Gasteiger partial charge < -0.3 is 0 Å². The van der Waals surface area contributed by atoms with Gasteiger partial charge in [0.25, 0.3) is 0 Å². The maximum Gasteiger partial charge on any atom is 0.0318 e. The van der Waals surface area contributed by atoms with Crippen molar-refractivity contribution in [3.63, 3.8) is 0 Å². The minimum Gasteiger partial charge on any atom is -0.262 e. The highest BCUT2D eigenvalue weighted by Crippen LogP contribution is 2.19. The van der Waals surface area contributed by atoms with E-state index in [1.165, 1.54) is 10.5 Å². The van der Waals surface area contributed by atoms with Crippen molar-refractivity contribution in [1.29, 1.82) is 0 Å². The first-order valence-electron chi connectivity index (χ1n) is 3.37. The van der Waals surface area contributed by atoms with Crippen LogP contribution in [0.3, 0.4) is 0 Å². The third-order valence-electron chi connectivity index (χ3n) is 1.46. The van der Waals surface area contributed by atoms with Gasteiger partial charge in [-0.15, -0.1) is 11.8 Å². The first-order chi connectivity index (χ1) is 5.38. The average molecular weight is 185 g/mol. The number of hydrogen-bond acceptors (Lipinski definition) is 3. The predicted molar refractivity (Wildman–Crippen MR) is 54.0 cm³/mol. The molecule has 11 heavy (non-hydrogen) atoms. The first kappa shape index (κ1) is 8.97. The third-order valence-corrected chi connectivity index (χ3v) is 2.46. The number of nitrogens with one attached hydrogen (secondary N) is 1. The fourth-order valence-corrected chi connectivity index (χ4v) is 1.72. The van der Waals surface area contributed by atoms with Crippen LogP contribution in [0, 0.1) is 0 Å². The summed E-state index contributed by atoms with van der Waals surface area (Å²) in [4.78, 5) is 1.31. The van der Waals surface area contributed by atoms with Gasteiger partial charge in [0.1, 0.15) is 0 Å². The maximum atomic E-state index is 3.96. The summed E-state index contributed by atoms with van der Waals surface area (Å²) >= 11 is 5.72. The van der Waals surface area contributed by atoms with E-state index in [0.717, 1.165) is 6.54 Å². The molecule has 0 aliphatic carbocycles. The van der Waals surface area contributed by atoms with E-state index < -0.39 is 0 Å². The lowest BCUT2D eigenvalue weighted by atomic mass is 10.2. The molecule has 0 unspecified atom stereocenters. The fourth-order valence-electron chi connectivity index (χ4n) is 0.934. The van der Waals surface area contributed by atoms with Crippen LogP contribution in [0.4, 0.5) is 0 Å². The Labute approximate surface area is 77.1 Å². The molecule has 0 amide bonds. The van der Waals surface area contributed by atoms with Crippen molar-refractivity contribution < 1.29 is 0 Å². The van der Waals surface area contributed by atoms with Gasteiger partial charge >= 0.3 is 0 Å². The van der Waals surface area contributed by atoms with Crippen LogP contribution in [-0.2, 0) is 6.54 Å². The summed E-state index contributed by atoms with van der Waals surface area (Å²) in [5.74, 6) is 0. The Kier molecular flexibility index (Phi) is 3.83. The Balaban J connectivity index is 2.83. The zero-order valence-electron chi connectivity index (χ0n) is 6.37. The summed E-state index contributed by atoms with van der Waals surface area (Å²) in [7, 11) is 0. The van der Waals surface area contributed by atoms with E-state index in [1.807, 2.05) is 12.1 Å². The van der Waals surface area contributed by atoms with E-state index in [4.69, 9.17) is 0 Å². The van der Waals surface area contributed by atoms with Crippen LogP contribution in [0.15, 0.2) is 29.2 Å². The van der Waals surface area contributed by atoms with E-state index in [0.29, 0.717) is 0 Å². The van der Waals surface area contributed by atoms with Gasteiger partial charge in [0.05, 0.1) is 0 Å². The lowest BCUT2D eigenvalue weighted by Crippen LogP contribution is -1.99. The van der Waals surface area contributed by atoms with Crippen molar-refractivity contribution in [2.24, 2.45) is 0 Å². The summed E-state index contributed by atoms with van der Waals surface area (Å²) < 4.78 is 2.84. The van der Waals surface area contributed by atoms with Crippen LogP contribution < -0.4 is 4.72 Å². The van der Waals surface area contributed by atoms with Gasteiger partial charge in [-0.2, -0.15) is 0 Å². The van der Waals surface area contributed by atoms with Gasteiger partial charge in [-0.1, -0.05) is 31.0 Å². The molecule has 0 aliphatic heterocycles. The Morgan fingerprint density at radius 2 is 2.18 bits per heavy atom. The van der Waals surface area contributed by atoms with E-state index in [-0.39, 0.29) is 0 Å². The number of thiol groups is 1. The molecule has 0 saturated heterocycles. The molecule has 0 heterocycles. The van der Waals surface area contributed by atoms with Crippen molar-refractivity contribution in [2.75, 3.05) is 6.26 Å². The van der Waals surface area contributed by atoms with Crippen LogP contribution in [0.2, 0.25) is 0 Å². The van der Waals surface area contributed by atoms with Crippen LogP contribution in [0.5, 0.6) is 0 Å². The summed E-state index contributed by atoms with van der Waals surface area (Å²) in [6, 6.07) is 8.31. The highest BCUT2D eigenvalue weighted by Gasteiger charge is 1.96. The second kappa shape index (κ2) is 4.70. The molecule has 3 heteroatoms. The van der Waals surface area contributed by atoms with E-state index >= 15 is 0 Å². The molecular weight excluding hydrogens is 174 g/mol. The molecule has 60 valence electrons. The summed E-state index contributed by atoms with van der Waals surface area (Å²) in [6.45, 7) is 0.820. The summed E-state index contributed by atoms with van der Waals surface area (Å²) in [5.41, 5.74) is 1.30. The van der Waals surface area contributed by atoms with Gasteiger partial charge in [-0.05, 0) is 17.9 Å². The first-order valence-corrected chi connectivity index (χ1v) is 5.04. The Hall–Kier alpha value is -0.120. The van der Waals surface area contributed by atoms with Gasteiger partial charge in [0.2, 0.25) is 0 Å². The molecule has 1 N–H and O–H groups in total. The smallest absolute Gasteiger partial charge is 0.0318 e. The third kappa shape index (κ3) is 2.43. The Bertz CT molecular complexity index is 225. The average Bonchev–Trinajstić information content (AvgIpc) is 2.06. The van der Waals surface area contributed by atoms with Gasteiger partial charge in [-0.3, -0.25) is 4.72 Å². The molecular formula is C8H11NS2. The quantitative estimate of drug-likeness (QED) is 0.554. The van der Waals surface area contributed by atoms with Crippen molar-refractivity contribution in [3.05, 3.63) is 29.8 Å². The van der Waals surface area contributed by atoms with Crippen LogP contribution in [-0.4, -0.2) is 6.26 Å². The molecule has 0 spiro atoms. The normalized spacial score (nSPS) is 10.0. The molecule has 0 saturated carbocycles. The van der Waals surface area contributed by atoms with Gasteiger partial charge in [0.15, 0.2) is 0 Å². The molecule has 0 aliphatic rings. The molecule has 0 radical (unpaired) electrons. The van der Waals surface area contributed by atoms with Crippen molar-refractivity contribution >= 4 is 24.6 Å². The largest absolute Gasteiger partial charge is 0.262 e. The zero-order valence-corrected chi connectivity index (χ0v) is 8.08. The van der Waals surface area contributed by atoms with Crippen molar-refractivity contribution in [1.82, 2.24) is 4.72 Å². The highest BCUT2D eigenvalue weighted by molar-refractivity contribution is 7.98. The minimum atomic E-state index is 0.820. The SMILES string of the molecule is CSc1ccccc1CNS. The Morgan fingerprint density at radius 1 is 1.45 bits per heavy atom. The lowest BCUT2D eigenvalue weighted by molar-refractivity contribution is 0.955. The summed E-state index contributed by atoms with van der Waals surface area (Å²) in [6.07, 6.45) is 2.08. The standard InChI is InChI=1S/C8H11NS2/c1-11-8-5-3-2-4-7(8)6-9-10/h2-5,9-10H,6H2,1H3. The maximum absolute atomic E-state index is 3.96. The van der Waals surface area contributed by atoms with E-state index in [9.17, 15) is 0 Å². The van der Waals surface area contributed by atoms with E-state index in [2.05, 4.69) is 35.9 Å². The second-order valence-corrected chi connectivity index (χ2v) is 3.31. The van der Waals surface area contributed by atoms with Crippen LogP contribution >= 0.6 is 24.6 Å². The Morgan fingerprint density at radius 3 is 2.82 bits per heavy atom. The predicted octanol–water partition coefficient (Wildman–Crippen LogP) is 2.34. The molecule has 0 fully saturated rings. The molecule has 0 atom stereocenters. The number of hydrogen-bond donors (Lipinski definition) is 2. The molecule has 1 aromatic carbocycles. The molecule has 1 rings (SSSR count). The van der Waals surface area contributed by atoms with Crippen molar-refractivity contribution in [3.8, 4) is 0 Å². The minimum absolute atomic E-state index is 0.820. The highest BCUT2D eigenvalue weighted by atomic mass is 32.2. The topological polar surface area (TPSA) is 12.0 Å². The lowest BCUT2D eigenvalue weighted by Gasteiger charge is -2.04.